The number of pyridine rings is 1. The summed E-state index contributed by atoms with van der Waals surface area (Å²) < 4.78 is 1.82. The first kappa shape index (κ1) is 17.7. The van der Waals surface area contributed by atoms with Gasteiger partial charge in [0.2, 0.25) is 0 Å². The van der Waals surface area contributed by atoms with E-state index in [0.29, 0.717) is 11.3 Å². The second kappa shape index (κ2) is 7.15. The fraction of sp³-hybridized carbons (Fsp3) is 0.136. The third kappa shape index (κ3) is 3.32. The molecule has 4 rings (SSSR count). The van der Waals surface area contributed by atoms with Gasteiger partial charge in [0.25, 0.3) is 5.91 Å². The fourth-order valence-corrected chi connectivity index (χ4v) is 3.08. The van der Waals surface area contributed by atoms with E-state index in [1.165, 1.54) is 0 Å². The summed E-state index contributed by atoms with van der Waals surface area (Å²) in [5, 5.41) is 8.43. The molecule has 28 heavy (non-hydrogen) atoms. The average Bonchev–Trinajstić information content (AvgIpc) is 3.05. The first-order chi connectivity index (χ1) is 13.5. The van der Waals surface area contributed by atoms with Gasteiger partial charge in [0.15, 0.2) is 5.65 Å². The molecule has 0 unspecified atom stereocenters. The number of amides is 1. The van der Waals surface area contributed by atoms with Crippen LogP contribution in [0.5, 0.6) is 0 Å². The van der Waals surface area contributed by atoms with Crippen LogP contribution in [0.3, 0.4) is 0 Å². The summed E-state index contributed by atoms with van der Waals surface area (Å²) in [4.78, 5) is 19.1. The number of nitrogens with one attached hydrogen (secondary N) is 1. The zero-order valence-electron chi connectivity index (χ0n) is 16.0. The monoisotopic (exact) mass is 371 g/mol. The molecule has 0 bridgehead atoms. The van der Waals surface area contributed by atoms with Crippen molar-refractivity contribution in [1.82, 2.24) is 14.8 Å². The van der Waals surface area contributed by atoms with E-state index in [4.69, 9.17) is 0 Å². The first-order valence-electron chi connectivity index (χ1n) is 9.02. The topological polar surface area (TPSA) is 63.1 Å². The maximum Gasteiger partial charge on any atom is 0.255 e. The van der Waals surface area contributed by atoms with Gasteiger partial charge in [-0.15, -0.1) is 0 Å². The minimum absolute atomic E-state index is 0.167. The molecule has 1 N–H and O–H groups in total. The van der Waals surface area contributed by atoms with Crippen molar-refractivity contribution in [2.24, 2.45) is 0 Å². The second-order valence-electron chi connectivity index (χ2n) is 6.82. The van der Waals surface area contributed by atoms with Crippen LogP contribution < -0.4 is 10.2 Å². The Morgan fingerprint density at radius 3 is 2.43 bits per heavy atom. The molecule has 2 aromatic heterocycles. The molecule has 0 aliphatic rings. The Morgan fingerprint density at radius 2 is 1.75 bits per heavy atom. The highest BCUT2D eigenvalue weighted by atomic mass is 16.1. The number of carbonyl (C=O) groups excluding carboxylic acids is 1. The van der Waals surface area contributed by atoms with Gasteiger partial charge < -0.3 is 10.2 Å². The standard InChI is InChI=1S/C22H21N5O/c1-15-20-13-17(24-22(28)16-9-11-18(12-10-16)26(2)3)14-23-21(20)27(25-15)19-7-5-4-6-8-19/h4-14H,1-3H3,(H,24,28). The molecule has 4 aromatic rings. The van der Waals surface area contributed by atoms with Gasteiger partial charge in [-0.3, -0.25) is 4.79 Å². The van der Waals surface area contributed by atoms with E-state index in [9.17, 15) is 4.79 Å². The van der Waals surface area contributed by atoms with Gasteiger partial charge in [0.1, 0.15) is 0 Å². The summed E-state index contributed by atoms with van der Waals surface area (Å²) in [5.41, 5.74) is 4.86. The van der Waals surface area contributed by atoms with E-state index in [1.807, 2.05) is 91.3 Å². The van der Waals surface area contributed by atoms with Crippen LogP contribution in [0.25, 0.3) is 16.7 Å². The van der Waals surface area contributed by atoms with Crippen LogP contribution in [0.1, 0.15) is 16.1 Å². The van der Waals surface area contributed by atoms with Gasteiger partial charge in [-0.1, -0.05) is 18.2 Å². The van der Waals surface area contributed by atoms with Crippen LogP contribution in [0.15, 0.2) is 66.9 Å². The number of fused-ring (bicyclic) bond motifs is 1. The van der Waals surface area contributed by atoms with Gasteiger partial charge in [-0.2, -0.15) is 5.10 Å². The number of para-hydroxylation sites is 1. The Balaban J connectivity index is 1.61. The molecule has 0 spiro atoms. The van der Waals surface area contributed by atoms with Crippen LogP contribution >= 0.6 is 0 Å². The van der Waals surface area contributed by atoms with E-state index in [1.54, 1.807) is 6.20 Å². The molecule has 0 atom stereocenters. The first-order valence-corrected chi connectivity index (χ1v) is 9.02. The van der Waals surface area contributed by atoms with E-state index in [0.717, 1.165) is 28.1 Å². The maximum atomic E-state index is 12.6. The van der Waals surface area contributed by atoms with E-state index in [2.05, 4.69) is 15.4 Å². The van der Waals surface area contributed by atoms with Gasteiger partial charge in [0, 0.05) is 30.7 Å². The number of hydrogen-bond acceptors (Lipinski definition) is 4. The quantitative estimate of drug-likeness (QED) is 0.588. The normalized spacial score (nSPS) is 10.8. The second-order valence-corrected chi connectivity index (χ2v) is 6.82. The number of nitrogens with zero attached hydrogens (tertiary/aromatic N) is 4. The van der Waals surface area contributed by atoms with Crippen molar-refractivity contribution in [2.45, 2.75) is 6.92 Å². The third-order valence-corrected chi connectivity index (χ3v) is 4.61. The Morgan fingerprint density at radius 1 is 1.04 bits per heavy atom. The van der Waals surface area contributed by atoms with Crippen molar-refractivity contribution < 1.29 is 4.79 Å². The van der Waals surface area contributed by atoms with Crippen LogP contribution in [-0.4, -0.2) is 34.8 Å². The molecule has 6 nitrogen and oxygen atoms in total. The van der Waals surface area contributed by atoms with Crippen LogP contribution in [0.4, 0.5) is 11.4 Å². The number of aryl methyl sites for hydroxylation is 1. The highest BCUT2D eigenvalue weighted by molar-refractivity contribution is 6.05. The lowest BCUT2D eigenvalue weighted by Gasteiger charge is -2.12. The van der Waals surface area contributed by atoms with Gasteiger partial charge in [-0.05, 0) is 49.4 Å². The predicted octanol–water partition coefficient (Wildman–Crippen LogP) is 4.05. The number of anilines is 2. The SMILES string of the molecule is Cc1nn(-c2ccccc2)c2ncc(NC(=O)c3ccc(N(C)C)cc3)cc12. The van der Waals surface area contributed by atoms with E-state index < -0.39 is 0 Å². The van der Waals surface area contributed by atoms with Crippen molar-refractivity contribution in [1.29, 1.82) is 0 Å². The number of carbonyl (C=O) groups is 1. The molecule has 0 saturated heterocycles. The fourth-order valence-electron chi connectivity index (χ4n) is 3.08. The zero-order chi connectivity index (χ0) is 19.7. The van der Waals surface area contributed by atoms with Crippen LogP contribution in [-0.2, 0) is 0 Å². The molecule has 140 valence electrons. The molecule has 1 amide bonds. The predicted molar refractivity (Wildman–Crippen MR) is 112 cm³/mol. The number of hydrogen-bond donors (Lipinski definition) is 1. The molecule has 6 heteroatoms. The highest BCUT2D eigenvalue weighted by Gasteiger charge is 2.13. The van der Waals surface area contributed by atoms with E-state index >= 15 is 0 Å². The van der Waals surface area contributed by atoms with Crippen molar-refractivity contribution in [3.05, 3.63) is 78.1 Å². The van der Waals surface area contributed by atoms with Crippen LogP contribution in [0.2, 0.25) is 0 Å². The Bertz CT molecular complexity index is 1130. The van der Waals surface area contributed by atoms with Crippen molar-refractivity contribution in [3.63, 3.8) is 0 Å². The number of rotatable bonds is 4. The van der Waals surface area contributed by atoms with Gasteiger partial charge in [-0.25, -0.2) is 9.67 Å². The molecular weight excluding hydrogens is 350 g/mol. The summed E-state index contributed by atoms with van der Waals surface area (Å²) in [6, 6.07) is 19.3. The highest BCUT2D eigenvalue weighted by Crippen LogP contribution is 2.23. The summed E-state index contributed by atoms with van der Waals surface area (Å²) in [6.07, 6.45) is 1.66. The molecule has 0 aliphatic heterocycles. The number of aromatic nitrogens is 3. The smallest absolute Gasteiger partial charge is 0.255 e. The lowest BCUT2D eigenvalue weighted by atomic mass is 10.2. The molecule has 0 radical (unpaired) electrons. The lowest BCUT2D eigenvalue weighted by Crippen LogP contribution is -2.13. The van der Waals surface area contributed by atoms with Gasteiger partial charge in [0.05, 0.1) is 23.3 Å². The average molecular weight is 371 g/mol. The molecule has 2 aromatic carbocycles. The molecule has 0 aliphatic carbocycles. The maximum absolute atomic E-state index is 12.6. The van der Waals surface area contributed by atoms with Gasteiger partial charge >= 0.3 is 0 Å². The van der Waals surface area contributed by atoms with Crippen molar-refractivity contribution >= 4 is 28.3 Å². The van der Waals surface area contributed by atoms with Crippen molar-refractivity contribution in [3.8, 4) is 5.69 Å². The van der Waals surface area contributed by atoms with E-state index in [-0.39, 0.29) is 5.91 Å². The summed E-state index contributed by atoms with van der Waals surface area (Å²) in [7, 11) is 3.93. The Hall–Kier alpha value is -3.67. The largest absolute Gasteiger partial charge is 0.378 e. The Kier molecular flexibility index (Phi) is 4.53. The summed E-state index contributed by atoms with van der Waals surface area (Å²) >= 11 is 0. The minimum Gasteiger partial charge on any atom is -0.378 e. The summed E-state index contributed by atoms with van der Waals surface area (Å²) in [5.74, 6) is -0.167. The Labute approximate surface area is 163 Å². The molecule has 0 saturated carbocycles. The number of benzene rings is 2. The minimum atomic E-state index is -0.167. The van der Waals surface area contributed by atoms with Crippen molar-refractivity contribution in [2.75, 3.05) is 24.3 Å². The third-order valence-electron chi connectivity index (χ3n) is 4.61. The molecular formula is C22H21N5O. The molecule has 0 fully saturated rings. The lowest BCUT2D eigenvalue weighted by molar-refractivity contribution is 0.102. The van der Waals surface area contributed by atoms with Crippen LogP contribution in [0, 0.1) is 6.92 Å². The zero-order valence-corrected chi connectivity index (χ0v) is 16.0. The summed E-state index contributed by atoms with van der Waals surface area (Å²) in [6.45, 7) is 1.94. The molecule has 2 heterocycles.